The average molecular weight is 241 g/mol. The maximum absolute atomic E-state index is 11.8. The van der Waals surface area contributed by atoms with E-state index >= 15 is 0 Å². The number of amides is 2. The van der Waals surface area contributed by atoms with Crippen molar-refractivity contribution in [2.45, 2.75) is 32.7 Å². The molecule has 1 saturated heterocycles. The molecule has 1 aliphatic heterocycles. The molecule has 0 aliphatic carbocycles. The molecular formula is C12H23N3O2. The van der Waals surface area contributed by atoms with Crippen LogP contribution in [0.15, 0.2) is 0 Å². The van der Waals surface area contributed by atoms with Crippen LogP contribution < -0.4 is 5.73 Å². The summed E-state index contributed by atoms with van der Waals surface area (Å²) in [7, 11) is 1.80. The van der Waals surface area contributed by atoms with Crippen LogP contribution in [0.1, 0.15) is 26.7 Å². The van der Waals surface area contributed by atoms with Gasteiger partial charge in [-0.2, -0.15) is 0 Å². The predicted molar refractivity (Wildman–Crippen MR) is 66.3 cm³/mol. The van der Waals surface area contributed by atoms with Gasteiger partial charge in [0.05, 0.1) is 6.04 Å². The van der Waals surface area contributed by atoms with Crippen molar-refractivity contribution < 1.29 is 9.59 Å². The van der Waals surface area contributed by atoms with Crippen molar-refractivity contribution >= 4 is 11.8 Å². The smallest absolute Gasteiger partial charge is 0.239 e. The number of carbonyl (C=O) groups excluding carboxylic acids is 2. The summed E-state index contributed by atoms with van der Waals surface area (Å²) in [6, 6.07) is -0.431. The average Bonchev–Trinajstić information content (AvgIpc) is 2.28. The Morgan fingerprint density at radius 2 is 2.18 bits per heavy atom. The molecule has 0 radical (unpaired) electrons. The first-order valence-corrected chi connectivity index (χ1v) is 6.18. The van der Waals surface area contributed by atoms with E-state index in [0.717, 1.165) is 32.5 Å². The monoisotopic (exact) mass is 241 g/mol. The molecule has 0 spiro atoms. The molecule has 2 atom stereocenters. The Kier molecular flexibility index (Phi) is 4.93. The lowest BCUT2D eigenvalue weighted by molar-refractivity contribution is -0.134. The largest absolute Gasteiger partial charge is 0.346 e. The molecule has 17 heavy (non-hydrogen) atoms. The molecule has 98 valence electrons. The molecule has 0 saturated carbocycles. The van der Waals surface area contributed by atoms with Gasteiger partial charge in [-0.05, 0) is 25.7 Å². The Morgan fingerprint density at radius 1 is 1.53 bits per heavy atom. The summed E-state index contributed by atoms with van der Waals surface area (Å²) >= 11 is 0. The van der Waals surface area contributed by atoms with Crippen LogP contribution >= 0.6 is 0 Å². The second-order valence-electron chi connectivity index (χ2n) is 4.98. The summed E-state index contributed by atoms with van der Waals surface area (Å²) in [6.07, 6.45) is 2.06. The summed E-state index contributed by atoms with van der Waals surface area (Å²) in [6.45, 7) is 5.51. The third kappa shape index (κ3) is 4.00. The lowest BCUT2D eigenvalue weighted by atomic mass is 9.97. The molecule has 1 aliphatic rings. The normalized spacial score (nSPS) is 22.1. The summed E-state index contributed by atoms with van der Waals surface area (Å²) in [5, 5.41) is 0. The van der Waals surface area contributed by atoms with Crippen molar-refractivity contribution in [1.82, 2.24) is 9.80 Å². The first kappa shape index (κ1) is 14.0. The topological polar surface area (TPSA) is 66.6 Å². The minimum absolute atomic E-state index is 0.0141. The van der Waals surface area contributed by atoms with E-state index in [1.807, 2.05) is 4.90 Å². The fourth-order valence-corrected chi connectivity index (χ4v) is 2.22. The van der Waals surface area contributed by atoms with Crippen molar-refractivity contribution in [2.24, 2.45) is 11.7 Å². The van der Waals surface area contributed by atoms with Gasteiger partial charge in [0.25, 0.3) is 0 Å². The zero-order chi connectivity index (χ0) is 13.0. The van der Waals surface area contributed by atoms with Gasteiger partial charge in [0, 0.05) is 33.6 Å². The maximum Gasteiger partial charge on any atom is 0.239 e. The first-order chi connectivity index (χ1) is 7.91. The summed E-state index contributed by atoms with van der Waals surface area (Å²) in [5.74, 6) is 0.459. The number of likely N-dealkylation sites (tertiary alicyclic amines) is 1. The van der Waals surface area contributed by atoms with Crippen LogP contribution in [0, 0.1) is 5.92 Å². The van der Waals surface area contributed by atoms with Gasteiger partial charge in [-0.3, -0.25) is 9.59 Å². The molecule has 5 heteroatoms. The minimum atomic E-state index is -0.431. The number of hydrogen-bond acceptors (Lipinski definition) is 3. The molecule has 1 fully saturated rings. The van der Waals surface area contributed by atoms with E-state index < -0.39 is 6.04 Å². The zero-order valence-electron chi connectivity index (χ0n) is 11.0. The molecule has 5 nitrogen and oxygen atoms in total. The van der Waals surface area contributed by atoms with Gasteiger partial charge < -0.3 is 15.5 Å². The fraction of sp³-hybridized carbons (Fsp3) is 0.833. The van der Waals surface area contributed by atoms with Crippen LogP contribution in [-0.2, 0) is 9.59 Å². The summed E-state index contributed by atoms with van der Waals surface area (Å²) in [4.78, 5) is 26.5. The van der Waals surface area contributed by atoms with Crippen LogP contribution in [0.2, 0.25) is 0 Å². The Hall–Kier alpha value is -1.10. The SMILES string of the molecule is CC(=O)N(C)CC1CCCN(C(=O)[C@H](C)N)C1. The fourth-order valence-electron chi connectivity index (χ4n) is 2.22. The Balaban J connectivity index is 2.49. The molecule has 0 bridgehead atoms. The Labute approximate surface area is 103 Å². The highest BCUT2D eigenvalue weighted by atomic mass is 16.2. The quantitative estimate of drug-likeness (QED) is 0.759. The van der Waals surface area contributed by atoms with Gasteiger partial charge in [0.2, 0.25) is 11.8 Å². The van der Waals surface area contributed by atoms with E-state index in [9.17, 15) is 9.59 Å². The molecule has 1 heterocycles. The van der Waals surface area contributed by atoms with Crippen LogP contribution in [0.3, 0.4) is 0 Å². The molecule has 0 aromatic carbocycles. The van der Waals surface area contributed by atoms with Gasteiger partial charge in [-0.1, -0.05) is 0 Å². The van der Waals surface area contributed by atoms with Gasteiger partial charge in [0.15, 0.2) is 0 Å². The van der Waals surface area contributed by atoms with Crippen molar-refractivity contribution in [1.29, 1.82) is 0 Å². The van der Waals surface area contributed by atoms with Gasteiger partial charge in [0.1, 0.15) is 0 Å². The van der Waals surface area contributed by atoms with E-state index in [4.69, 9.17) is 5.73 Å². The summed E-state index contributed by atoms with van der Waals surface area (Å²) < 4.78 is 0. The van der Waals surface area contributed by atoms with Crippen LogP contribution in [0.5, 0.6) is 0 Å². The van der Waals surface area contributed by atoms with Crippen LogP contribution in [0.25, 0.3) is 0 Å². The Morgan fingerprint density at radius 3 is 2.71 bits per heavy atom. The minimum Gasteiger partial charge on any atom is -0.346 e. The van der Waals surface area contributed by atoms with Crippen molar-refractivity contribution in [2.75, 3.05) is 26.7 Å². The van der Waals surface area contributed by atoms with E-state index in [2.05, 4.69) is 0 Å². The predicted octanol–water partition coefficient (Wildman–Crippen LogP) is 0.0505. The van der Waals surface area contributed by atoms with E-state index in [1.165, 1.54) is 0 Å². The molecule has 1 rings (SSSR count). The standard InChI is InChI=1S/C12H23N3O2/c1-9(13)12(17)15-6-4-5-11(8-15)7-14(3)10(2)16/h9,11H,4-8,13H2,1-3H3/t9-,11?/m0/s1. The number of nitrogens with two attached hydrogens (primary N) is 1. The van der Waals surface area contributed by atoms with E-state index in [0.29, 0.717) is 5.92 Å². The van der Waals surface area contributed by atoms with E-state index in [-0.39, 0.29) is 11.8 Å². The molecule has 2 amide bonds. The highest BCUT2D eigenvalue weighted by Crippen LogP contribution is 2.17. The van der Waals surface area contributed by atoms with E-state index in [1.54, 1.807) is 25.8 Å². The second kappa shape index (κ2) is 6.00. The highest BCUT2D eigenvalue weighted by Gasteiger charge is 2.26. The Bertz CT molecular complexity index is 291. The second-order valence-corrected chi connectivity index (χ2v) is 4.98. The highest BCUT2D eigenvalue weighted by molar-refractivity contribution is 5.81. The molecule has 0 aromatic rings. The molecule has 1 unspecified atom stereocenters. The third-order valence-electron chi connectivity index (χ3n) is 3.29. The van der Waals surface area contributed by atoms with Crippen LogP contribution in [0.4, 0.5) is 0 Å². The lowest BCUT2D eigenvalue weighted by Crippen LogP contribution is -2.48. The number of nitrogens with zero attached hydrogens (tertiary/aromatic N) is 2. The van der Waals surface area contributed by atoms with Crippen molar-refractivity contribution in [3.8, 4) is 0 Å². The van der Waals surface area contributed by atoms with Gasteiger partial charge in [-0.15, -0.1) is 0 Å². The number of rotatable bonds is 3. The maximum atomic E-state index is 11.8. The van der Waals surface area contributed by atoms with Crippen LogP contribution in [-0.4, -0.2) is 54.3 Å². The van der Waals surface area contributed by atoms with Crippen molar-refractivity contribution in [3.63, 3.8) is 0 Å². The molecule has 2 N–H and O–H groups in total. The zero-order valence-corrected chi connectivity index (χ0v) is 11.0. The number of piperidine rings is 1. The van der Waals surface area contributed by atoms with Crippen molar-refractivity contribution in [3.05, 3.63) is 0 Å². The lowest BCUT2D eigenvalue weighted by Gasteiger charge is -2.35. The first-order valence-electron chi connectivity index (χ1n) is 6.18. The number of carbonyl (C=O) groups is 2. The number of hydrogen-bond donors (Lipinski definition) is 1. The summed E-state index contributed by atoms with van der Waals surface area (Å²) in [5.41, 5.74) is 5.61. The van der Waals surface area contributed by atoms with Gasteiger partial charge in [-0.25, -0.2) is 0 Å². The molecular weight excluding hydrogens is 218 g/mol. The third-order valence-corrected chi connectivity index (χ3v) is 3.29. The molecule has 0 aromatic heterocycles. The van der Waals surface area contributed by atoms with Gasteiger partial charge >= 0.3 is 0 Å².